The van der Waals surface area contributed by atoms with Crippen molar-refractivity contribution in [3.63, 3.8) is 0 Å². The van der Waals surface area contributed by atoms with E-state index in [0.717, 1.165) is 5.56 Å². The third kappa shape index (κ3) is 4.75. The van der Waals surface area contributed by atoms with Gasteiger partial charge in [-0.05, 0) is 24.3 Å². The van der Waals surface area contributed by atoms with Gasteiger partial charge < -0.3 is 14.9 Å². The average molecular weight is 285 g/mol. The molecular formula is C15H15N3O3. The number of nitrogens with one attached hydrogen (secondary N) is 1. The molecule has 2 N–H and O–H groups in total. The summed E-state index contributed by atoms with van der Waals surface area (Å²) in [7, 11) is 0. The van der Waals surface area contributed by atoms with E-state index in [1.165, 1.54) is 6.33 Å². The second-order valence-corrected chi connectivity index (χ2v) is 4.19. The third-order valence-electron chi connectivity index (χ3n) is 2.65. The molecule has 2 rings (SSSR count). The molecule has 0 spiro atoms. The van der Waals surface area contributed by atoms with Gasteiger partial charge in [0, 0.05) is 30.5 Å². The summed E-state index contributed by atoms with van der Waals surface area (Å²) in [5.41, 5.74) is 1.37. The molecule has 6 nitrogen and oxygen atoms in total. The predicted molar refractivity (Wildman–Crippen MR) is 75.4 cm³/mol. The molecule has 0 aliphatic rings. The molecule has 0 atom stereocenters. The summed E-state index contributed by atoms with van der Waals surface area (Å²) in [4.78, 5) is 15.8. The minimum atomic E-state index is -0.163. The predicted octanol–water partition coefficient (Wildman–Crippen LogP) is 0.776. The molecule has 2 aromatic rings. The molecule has 6 heteroatoms. The topological polar surface area (TPSA) is 88.3 Å². The maximum atomic E-state index is 11.9. The molecule has 1 heterocycles. The van der Waals surface area contributed by atoms with Crippen LogP contribution in [0, 0.1) is 11.8 Å². The van der Waals surface area contributed by atoms with Gasteiger partial charge in [-0.2, -0.15) is 4.98 Å². The Balaban J connectivity index is 1.83. The first kappa shape index (κ1) is 14.8. The largest absolute Gasteiger partial charge is 0.395 e. The number of hydrogen-bond acceptors (Lipinski definition) is 5. The van der Waals surface area contributed by atoms with E-state index in [0.29, 0.717) is 30.8 Å². The summed E-state index contributed by atoms with van der Waals surface area (Å²) < 4.78 is 4.84. The second kappa shape index (κ2) is 7.82. The quantitative estimate of drug-likeness (QED) is 0.792. The first-order valence-electron chi connectivity index (χ1n) is 6.53. The summed E-state index contributed by atoms with van der Waals surface area (Å²) in [6.07, 6.45) is 2.27. The number of aliphatic hydroxyl groups is 1. The molecule has 0 unspecified atom stereocenters. The van der Waals surface area contributed by atoms with E-state index in [-0.39, 0.29) is 12.5 Å². The van der Waals surface area contributed by atoms with E-state index in [2.05, 4.69) is 27.3 Å². The lowest BCUT2D eigenvalue weighted by Gasteiger charge is -2.03. The molecule has 1 amide bonds. The molecule has 0 bridgehead atoms. The highest BCUT2D eigenvalue weighted by Crippen LogP contribution is 2.03. The first-order chi connectivity index (χ1) is 10.3. The molecule has 0 saturated carbocycles. The van der Waals surface area contributed by atoms with E-state index in [1.54, 1.807) is 24.3 Å². The van der Waals surface area contributed by atoms with E-state index in [4.69, 9.17) is 9.63 Å². The number of aliphatic hydroxyl groups excluding tert-OH is 1. The highest BCUT2D eigenvalue weighted by atomic mass is 16.5. The SMILES string of the molecule is O=C(NCCc1ncno1)c1ccc(C#CCCO)cc1. The molecular weight excluding hydrogens is 270 g/mol. The van der Waals surface area contributed by atoms with Crippen LogP contribution in [0.1, 0.15) is 28.2 Å². The molecule has 1 aromatic heterocycles. The van der Waals surface area contributed by atoms with E-state index >= 15 is 0 Å². The fraction of sp³-hybridized carbons (Fsp3) is 0.267. The van der Waals surface area contributed by atoms with Crippen molar-refractivity contribution in [3.8, 4) is 11.8 Å². The fourth-order valence-corrected chi connectivity index (χ4v) is 1.62. The van der Waals surface area contributed by atoms with Crippen LogP contribution in [0.3, 0.4) is 0 Å². The second-order valence-electron chi connectivity index (χ2n) is 4.19. The maximum Gasteiger partial charge on any atom is 0.251 e. The van der Waals surface area contributed by atoms with Crippen LogP contribution in [0.4, 0.5) is 0 Å². The molecule has 0 radical (unpaired) electrons. The van der Waals surface area contributed by atoms with Gasteiger partial charge in [0.05, 0.1) is 6.61 Å². The van der Waals surface area contributed by atoms with Crippen molar-refractivity contribution in [1.82, 2.24) is 15.5 Å². The van der Waals surface area contributed by atoms with Gasteiger partial charge >= 0.3 is 0 Å². The van der Waals surface area contributed by atoms with Gasteiger partial charge in [0.25, 0.3) is 5.91 Å². The van der Waals surface area contributed by atoms with Crippen LogP contribution in [0.2, 0.25) is 0 Å². The third-order valence-corrected chi connectivity index (χ3v) is 2.65. The molecule has 1 aromatic carbocycles. The van der Waals surface area contributed by atoms with Crippen LogP contribution >= 0.6 is 0 Å². The number of aromatic nitrogens is 2. The Morgan fingerprint density at radius 2 is 2.14 bits per heavy atom. The fourth-order valence-electron chi connectivity index (χ4n) is 1.62. The van der Waals surface area contributed by atoms with Crippen molar-refractivity contribution in [1.29, 1.82) is 0 Å². The van der Waals surface area contributed by atoms with Gasteiger partial charge in [-0.1, -0.05) is 17.0 Å². The number of carbonyl (C=O) groups excluding carboxylic acids is 1. The van der Waals surface area contributed by atoms with Crippen molar-refractivity contribution < 1.29 is 14.4 Å². The molecule has 0 fully saturated rings. The zero-order valence-corrected chi connectivity index (χ0v) is 11.4. The minimum absolute atomic E-state index is 0.0491. The van der Waals surface area contributed by atoms with Crippen molar-refractivity contribution in [2.45, 2.75) is 12.8 Å². The smallest absolute Gasteiger partial charge is 0.251 e. The maximum absolute atomic E-state index is 11.9. The van der Waals surface area contributed by atoms with Crippen molar-refractivity contribution in [2.75, 3.05) is 13.2 Å². The lowest BCUT2D eigenvalue weighted by Crippen LogP contribution is -2.25. The van der Waals surface area contributed by atoms with Gasteiger partial charge in [0.1, 0.15) is 0 Å². The van der Waals surface area contributed by atoms with E-state index < -0.39 is 0 Å². The number of hydrogen-bond donors (Lipinski definition) is 2. The average Bonchev–Trinajstić information content (AvgIpc) is 3.01. The van der Waals surface area contributed by atoms with Crippen LogP contribution in [-0.2, 0) is 6.42 Å². The Labute approximate surface area is 122 Å². The van der Waals surface area contributed by atoms with Crippen molar-refractivity contribution in [3.05, 3.63) is 47.6 Å². The van der Waals surface area contributed by atoms with Crippen LogP contribution in [0.5, 0.6) is 0 Å². The van der Waals surface area contributed by atoms with Crippen molar-refractivity contribution >= 4 is 5.91 Å². The van der Waals surface area contributed by atoms with E-state index in [9.17, 15) is 4.79 Å². The lowest BCUT2D eigenvalue weighted by molar-refractivity contribution is 0.0953. The Morgan fingerprint density at radius 1 is 1.33 bits per heavy atom. The minimum Gasteiger partial charge on any atom is -0.395 e. The van der Waals surface area contributed by atoms with Crippen LogP contribution in [0.15, 0.2) is 35.1 Å². The molecule has 108 valence electrons. The Kier molecular flexibility index (Phi) is 5.50. The summed E-state index contributed by atoms with van der Waals surface area (Å²) in [6, 6.07) is 6.98. The molecule has 0 aliphatic heterocycles. The standard InChI is InChI=1S/C15H15N3O3/c19-10-2-1-3-12-4-6-13(7-5-12)15(20)16-9-8-14-17-11-18-21-14/h4-7,11,19H,2,8-10H2,(H,16,20). The monoisotopic (exact) mass is 285 g/mol. The number of amides is 1. The van der Waals surface area contributed by atoms with Crippen LogP contribution in [0.25, 0.3) is 0 Å². The molecule has 0 aliphatic carbocycles. The number of nitrogens with zero attached hydrogens (tertiary/aromatic N) is 2. The highest BCUT2D eigenvalue weighted by Gasteiger charge is 2.05. The van der Waals surface area contributed by atoms with Crippen LogP contribution in [-0.4, -0.2) is 34.3 Å². The first-order valence-corrected chi connectivity index (χ1v) is 6.53. The van der Waals surface area contributed by atoms with Crippen LogP contribution < -0.4 is 5.32 Å². The van der Waals surface area contributed by atoms with Gasteiger partial charge in [0.2, 0.25) is 5.89 Å². The zero-order chi connectivity index (χ0) is 14.9. The van der Waals surface area contributed by atoms with Gasteiger partial charge in [-0.15, -0.1) is 0 Å². The van der Waals surface area contributed by atoms with E-state index in [1.807, 2.05) is 0 Å². The Bertz CT molecular complexity index is 624. The lowest BCUT2D eigenvalue weighted by atomic mass is 10.1. The normalized spacial score (nSPS) is 9.76. The zero-order valence-electron chi connectivity index (χ0n) is 11.4. The van der Waals surface area contributed by atoms with Gasteiger partial charge in [-0.3, -0.25) is 4.79 Å². The summed E-state index contributed by atoms with van der Waals surface area (Å²) in [6.45, 7) is 0.479. The Hall–Kier alpha value is -2.65. The number of rotatable bonds is 5. The summed E-state index contributed by atoms with van der Waals surface area (Å²) in [5.74, 6) is 6.06. The Morgan fingerprint density at radius 3 is 2.81 bits per heavy atom. The highest BCUT2D eigenvalue weighted by molar-refractivity contribution is 5.94. The summed E-state index contributed by atoms with van der Waals surface area (Å²) >= 11 is 0. The molecule has 21 heavy (non-hydrogen) atoms. The number of carbonyl (C=O) groups is 1. The molecule has 0 saturated heterocycles. The van der Waals surface area contributed by atoms with Crippen molar-refractivity contribution in [2.24, 2.45) is 0 Å². The number of benzene rings is 1. The van der Waals surface area contributed by atoms with Gasteiger partial charge in [0.15, 0.2) is 6.33 Å². The van der Waals surface area contributed by atoms with Gasteiger partial charge in [-0.25, -0.2) is 0 Å². The summed E-state index contributed by atoms with van der Waals surface area (Å²) in [5, 5.41) is 14.9.